The fourth-order valence-corrected chi connectivity index (χ4v) is 3.36. The Morgan fingerprint density at radius 1 is 1.52 bits per heavy atom. The van der Waals surface area contributed by atoms with Gasteiger partial charge in [-0.05, 0) is 18.0 Å². The molecule has 0 aromatic carbocycles. The summed E-state index contributed by atoms with van der Waals surface area (Å²) in [6.07, 6.45) is -2.02. The second-order valence-electron chi connectivity index (χ2n) is 5.51. The largest absolute Gasteiger partial charge is 1.00 e. The van der Waals surface area contributed by atoms with Crippen LogP contribution >= 0.6 is 23.8 Å². The number of carbonyl (C=O) groups is 1. The molecule has 1 aliphatic heterocycles. The number of rotatable bonds is 7. The number of hydrogen-bond acceptors (Lipinski definition) is 9. The van der Waals surface area contributed by atoms with E-state index in [9.17, 15) is 23.8 Å². The minimum absolute atomic E-state index is 0. The van der Waals surface area contributed by atoms with Gasteiger partial charge < -0.3 is 28.5 Å². The SMILES string of the molecule is CCOC(=O)OC[C@H]1O[C@@H](n2cc(/C=C/Br)c(=O)[nH]c2=O)C[C@@H]1OP(=O)([O-])O.[Na+]. The van der Waals surface area contributed by atoms with E-state index in [1.165, 1.54) is 17.3 Å². The second kappa shape index (κ2) is 11.6. The van der Waals surface area contributed by atoms with Crippen molar-refractivity contribution in [3.63, 3.8) is 0 Å². The fraction of sp³-hybridized carbons (Fsp3) is 0.500. The molecule has 2 N–H and O–H groups in total. The van der Waals surface area contributed by atoms with Crippen LogP contribution in [0.2, 0.25) is 0 Å². The molecule has 0 aliphatic carbocycles. The third-order valence-electron chi connectivity index (χ3n) is 3.62. The van der Waals surface area contributed by atoms with Crippen LogP contribution in [0.25, 0.3) is 6.08 Å². The Kier molecular flexibility index (Phi) is 10.5. The van der Waals surface area contributed by atoms with Gasteiger partial charge in [-0.3, -0.25) is 18.9 Å². The van der Waals surface area contributed by atoms with Crippen molar-refractivity contribution in [3.05, 3.63) is 37.6 Å². The molecule has 1 saturated heterocycles. The van der Waals surface area contributed by atoms with Crippen LogP contribution in [0.5, 0.6) is 0 Å². The Hall–Kier alpha value is -0.760. The third kappa shape index (κ3) is 7.78. The van der Waals surface area contributed by atoms with Gasteiger partial charge in [0.05, 0.1) is 18.3 Å². The van der Waals surface area contributed by atoms with Crippen LogP contribution in [0, 0.1) is 0 Å². The van der Waals surface area contributed by atoms with Crippen molar-refractivity contribution in [1.29, 1.82) is 0 Å². The van der Waals surface area contributed by atoms with Crippen LogP contribution in [0.1, 0.15) is 25.1 Å². The van der Waals surface area contributed by atoms with Crippen LogP contribution < -0.4 is 45.7 Å². The van der Waals surface area contributed by atoms with Crippen molar-refractivity contribution in [3.8, 4) is 0 Å². The predicted octanol–water partition coefficient (Wildman–Crippen LogP) is -2.79. The second-order valence-corrected chi connectivity index (χ2v) is 7.19. The number of halogens is 1. The summed E-state index contributed by atoms with van der Waals surface area (Å²) in [4.78, 5) is 58.8. The summed E-state index contributed by atoms with van der Waals surface area (Å²) in [6, 6.07) is 0. The van der Waals surface area contributed by atoms with Gasteiger partial charge in [-0.15, -0.1) is 0 Å². The number of aromatic amines is 1. The van der Waals surface area contributed by atoms with Gasteiger partial charge in [0, 0.05) is 12.6 Å². The van der Waals surface area contributed by atoms with E-state index < -0.39 is 50.3 Å². The zero-order valence-corrected chi connectivity index (χ0v) is 20.0. The van der Waals surface area contributed by atoms with E-state index in [4.69, 9.17) is 14.4 Å². The first-order chi connectivity index (χ1) is 13.1. The van der Waals surface area contributed by atoms with Crippen LogP contribution in [0.4, 0.5) is 4.79 Å². The number of carbonyl (C=O) groups excluding carboxylic acids is 1. The number of hydrogen-bond donors (Lipinski definition) is 2. The van der Waals surface area contributed by atoms with E-state index in [2.05, 4.69) is 30.2 Å². The maximum absolute atomic E-state index is 12.1. The van der Waals surface area contributed by atoms with Gasteiger partial charge in [0.15, 0.2) is 0 Å². The first-order valence-corrected chi connectivity index (χ1v) is 10.3. The molecule has 1 unspecified atom stereocenters. The Bertz CT molecular complexity index is 897. The fourth-order valence-electron chi connectivity index (χ4n) is 2.51. The first-order valence-electron chi connectivity index (χ1n) is 7.94. The van der Waals surface area contributed by atoms with Gasteiger partial charge in [-0.25, -0.2) is 9.59 Å². The predicted molar refractivity (Wildman–Crippen MR) is 95.5 cm³/mol. The molecule has 0 spiro atoms. The zero-order chi connectivity index (χ0) is 20.9. The maximum Gasteiger partial charge on any atom is 1.00 e. The molecular weight excluding hydrogens is 490 g/mol. The summed E-state index contributed by atoms with van der Waals surface area (Å²) in [7, 11) is -5.13. The normalized spacial score (nSPS) is 23.4. The molecule has 29 heavy (non-hydrogen) atoms. The monoisotopic (exact) mass is 506 g/mol. The van der Waals surface area contributed by atoms with E-state index in [1.807, 2.05) is 0 Å². The molecule has 2 rings (SSSR count). The van der Waals surface area contributed by atoms with Crippen molar-refractivity contribution in [2.75, 3.05) is 13.2 Å². The standard InChI is InChI=1S/C14H18BrN2O10P.Na/c1-2-24-14(20)25-7-10-9(27-28(21,22)23)5-11(26-10)17-6-8(3-4-15)12(18)16-13(17)19;/h3-4,6,9-11H,2,5,7H2,1H3,(H,16,18,19)(H2,21,22,23);/q;+1/p-1/b4-3+;/t9-,10+,11+;/m0./s1. The molecule has 1 aliphatic rings. The number of H-pyrrole nitrogens is 1. The molecule has 1 aromatic rings. The topological polar surface area (TPSA) is 169 Å². The summed E-state index contributed by atoms with van der Waals surface area (Å²) in [6.45, 7) is 1.18. The molecule has 2 heterocycles. The van der Waals surface area contributed by atoms with Crippen molar-refractivity contribution in [2.24, 2.45) is 0 Å². The molecule has 1 aromatic heterocycles. The number of nitrogens with one attached hydrogen (secondary N) is 1. The molecule has 4 atom stereocenters. The minimum Gasteiger partial charge on any atom is -0.756 e. The van der Waals surface area contributed by atoms with E-state index >= 15 is 0 Å². The first kappa shape index (κ1) is 26.3. The summed E-state index contributed by atoms with van der Waals surface area (Å²) in [5.41, 5.74) is -1.31. The van der Waals surface area contributed by atoms with Gasteiger partial charge in [0.25, 0.3) is 13.4 Å². The quantitative estimate of drug-likeness (QED) is 0.224. The molecule has 0 radical (unpaired) electrons. The molecule has 156 valence electrons. The van der Waals surface area contributed by atoms with E-state index in [-0.39, 0.29) is 48.1 Å². The number of ether oxygens (including phenoxy) is 3. The van der Waals surface area contributed by atoms with Gasteiger partial charge in [-0.2, -0.15) is 0 Å². The Morgan fingerprint density at radius 2 is 2.21 bits per heavy atom. The third-order valence-corrected chi connectivity index (χ3v) is 4.43. The summed E-state index contributed by atoms with van der Waals surface area (Å²) >= 11 is 3.02. The van der Waals surface area contributed by atoms with Gasteiger partial charge in [-0.1, -0.05) is 15.9 Å². The minimum atomic E-state index is -5.13. The molecule has 1 fully saturated rings. The van der Waals surface area contributed by atoms with E-state index in [0.717, 1.165) is 4.57 Å². The summed E-state index contributed by atoms with van der Waals surface area (Å²) < 4.78 is 31.7. The number of phosphoric ester groups is 1. The van der Waals surface area contributed by atoms with E-state index in [0.29, 0.717) is 0 Å². The number of phosphoric acid groups is 1. The molecule has 0 bridgehead atoms. The van der Waals surface area contributed by atoms with Gasteiger partial charge in [0.2, 0.25) is 0 Å². The summed E-state index contributed by atoms with van der Waals surface area (Å²) in [5, 5.41) is 0. The molecule has 15 heteroatoms. The summed E-state index contributed by atoms with van der Waals surface area (Å²) in [5.74, 6) is 0. The Morgan fingerprint density at radius 3 is 2.79 bits per heavy atom. The molecule has 0 saturated carbocycles. The van der Waals surface area contributed by atoms with Crippen LogP contribution in [-0.2, 0) is 23.3 Å². The van der Waals surface area contributed by atoms with Crippen molar-refractivity contribution >= 4 is 36.0 Å². The molecule has 12 nitrogen and oxygen atoms in total. The van der Waals surface area contributed by atoms with Crippen molar-refractivity contribution in [1.82, 2.24) is 9.55 Å². The number of aromatic nitrogens is 2. The zero-order valence-electron chi connectivity index (χ0n) is 15.5. The smallest absolute Gasteiger partial charge is 0.756 e. The van der Waals surface area contributed by atoms with E-state index in [1.54, 1.807) is 6.92 Å². The number of nitrogens with zero attached hydrogens (tertiary/aromatic N) is 1. The molecule has 0 amide bonds. The maximum atomic E-state index is 12.1. The Labute approximate surface area is 194 Å². The average Bonchev–Trinajstić information content (AvgIpc) is 2.96. The van der Waals surface area contributed by atoms with Crippen LogP contribution in [0.15, 0.2) is 20.8 Å². The molecular formula is C14H17BrN2NaO10P. The van der Waals surface area contributed by atoms with Crippen molar-refractivity contribution in [2.45, 2.75) is 31.8 Å². The Balaban J connectivity index is 0.00000420. The van der Waals surface area contributed by atoms with Gasteiger partial charge in [0.1, 0.15) is 18.9 Å². The average molecular weight is 507 g/mol. The van der Waals surface area contributed by atoms with Gasteiger partial charge >= 0.3 is 41.4 Å². The van der Waals surface area contributed by atoms with Crippen LogP contribution in [-0.4, -0.2) is 46.0 Å². The van der Waals surface area contributed by atoms with Crippen molar-refractivity contribution < 1.29 is 67.4 Å². The van der Waals surface area contributed by atoms with Crippen LogP contribution in [0.3, 0.4) is 0 Å².